The first-order valence-electron chi connectivity index (χ1n) is 10.4. The number of hydrogen-bond acceptors (Lipinski definition) is 4. The maximum atomic E-state index is 12.4. The smallest absolute Gasteiger partial charge is 0.181 e. The topological polar surface area (TPSA) is 51.3 Å². The third-order valence-corrected chi connectivity index (χ3v) is 6.29. The predicted octanol–water partition coefficient (Wildman–Crippen LogP) is 4.92. The van der Waals surface area contributed by atoms with Crippen molar-refractivity contribution in [2.75, 3.05) is 19.6 Å². The number of ketones is 1. The van der Waals surface area contributed by atoms with Gasteiger partial charge in [0.1, 0.15) is 0 Å². The lowest BCUT2D eigenvalue weighted by atomic mass is 10.0. The van der Waals surface area contributed by atoms with Gasteiger partial charge in [-0.25, -0.2) is 4.98 Å². The Kier molecular flexibility index (Phi) is 4.47. The van der Waals surface area contributed by atoms with Crippen molar-refractivity contribution in [1.29, 1.82) is 0 Å². The summed E-state index contributed by atoms with van der Waals surface area (Å²) in [5.74, 6) is 1.02. The van der Waals surface area contributed by atoms with Crippen molar-refractivity contribution in [3.63, 3.8) is 0 Å². The average molecular weight is 387 g/mol. The Hall–Kier alpha value is -2.92. The second-order valence-corrected chi connectivity index (χ2v) is 7.69. The minimum Gasteiger partial charge on any atom is -0.444 e. The van der Waals surface area contributed by atoms with Crippen molar-refractivity contribution in [1.82, 2.24) is 14.5 Å². The van der Waals surface area contributed by atoms with Gasteiger partial charge in [0.05, 0.1) is 6.20 Å². The Labute approximate surface area is 169 Å². The highest BCUT2D eigenvalue weighted by molar-refractivity contribution is 6.15. The van der Waals surface area contributed by atoms with Crippen molar-refractivity contribution in [2.45, 2.75) is 33.2 Å². The highest BCUT2D eigenvalue weighted by Crippen LogP contribution is 2.38. The molecule has 0 bridgehead atoms. The molecule has 0 amide bonds. The molecule has 5 heteroatoms. The van der Waals surface area contributed by atoms with Gasteiger partial charge in [-0.15, -0.1) is 0 Å². The standard InChI is InChI=1S/C24H25N3O2/c1-3-26(4-2)11-12-27-20-8-5-16(23-14-25-15-29-23)13-19(20)24-18-7-10-22(28)17(18)6-9-21(24)27/h5-6,8-9,13-15H,3-4,7,10-12H2,1-2H3. The van der Waals surface area contributed by atoms with Gasteiger partial charge < -0.3 is 13.9 Å². The number of carbonyl (C=O) groups excluding carboxylic acids is 1. The number of Topliss-reactive ketones (excluding diaryl/α,β-unsaturated/α-hetero) is 1. The Balaban J connectivity index is 1.74. The van der Waals surface area contributed by atoms with Gasteiger partial charge in [0.15, 0.2) is 17.9 Å². The lowest BCUT2D eigenvalue weighted by Crippen LogP contribution is -2.26. The maximum absolute atomic E-state index is 12.4. The largest absolute Gasteiger partial charge is 0.444 e. The van der Waals surface area contributed by atoms with Crippen LogP contribution in [0.4, 0.5) is 0 Å². The zero-order chi connectivity index (χ0) is 20.0. The summed E-state index contributed by atoms with van der Waals surface area (Å²) in [5, 5.41) is 2.42. The van der Waals surface area contributed by atoms with Crippen LogP contribution in [0.5, 0.6) is 0 Å². The van der Waals surface area contributed by atoms with Gasteiger partial charge in [-0.1, -0.05) is 13.8 Å². The van der Waals surface area contributed by atoms with Crippen LogP contribution in [0.3, 0.4) is 0 Å². The van der Waals surface area contributed by atoms with E-state index in [1.807, 2.05) is 6.07 Å². The van der Waals surface area contributed by atoms with E-state index in [2.05, 4.69) is 52.6 Å². The number of oxazole rings is 1. The molecule has 5 nitrogen and oxygen atoms in total. The second kappa shape index (κ2) is 7.16. The average Bonchev–Trinajstić information content (AvgIpc) is 3.47. The van der Waals surface area contributed by atoms with Gasteiger partial charge in [0.2, 0.25) is 0 Å². The van der Waals surface area contributed by atoms with Crippen LogP contribution in [0.25, 0.3) is 33.1 Å². The zero-order valence-corrected chi connectivity index (χ0v) is 16.9. The Morgan fingerprint density at radius 3 is 2.69 bits per heavy atom. The van der Waals surface area contributed by atoms with E-state index in [0.29, 0.717) is 6.42 Å². The fourth-order valence-corrected chi connectivity index (χ4v) is 4.69. The van der Waals surface area contributed by atoms with Crippen molar-refractivity contribution in [3.05, 3.63) is 54.0 Å². The molecule has 0 unspecified atom stereocenters. The van der Waals surface area contributed by atoms with E-state index < -0.39 is 0 Å². The molecule has 1 aliphatic carbocycles. The number of likely N-dealkylation sites (N-methyl/N-ethyl adjacent to an activating group) is 1. The van der Waals surface area contributed by atoms with E-state index in [1.165, 1.54) is 33.8 Å². The lowest BCUT2D eigenvalue weighted by Gasteiger charge is -2.19. The first-order valence-corrected chi connectivity index (χ1v) is 10.4. The molecule has 2 aromatic heterocycles. The molecule has 0 aliphatic heterocycles. The summed E-state index contributed by atoms with van der Waals surface area (Å²) in [7, 11) is 0. The molecule has 2 aromatic carbocycles. The summed E-state index contributed by atoms with van der Waals surface area (Å²) in [6.07, 6.45) is 4.65. The van der Waals surface area contributed by atoms with Gasteiger partial charge in [-0.2, -0.15) is 0 Å². The monoisotopic (exact) mass is 387 g/mol. The maximum Gasteiger partial charge on any atom is 0.181 e. The van der Waals surface area contributed by atoms with Crippen LogP contribution in [0.2, 0.25) is 0 Å². The Morgan fingerprint density at radius 2 is 1.93 bits per heavy atom. The predicted molar refractivity (Wildman–Crippen MR) is 115 cm³/mol. The summed E-state index contributed by atoms with van der Waals surface area (Å²) >= 11 is 0. The number of aryl methyl sites for hydroxylation is 1. The summed E-state index contributed by atoms with van der Waals surface area (Å²) < 4.78 is 7.94. The Morgan fingerprint density at radius 1 is 1.10 bits per heavy atom. The van der Waals surface area contributed by atoms with Crippen molar-refractivity contribution in [2.24, 2.45) is 0 Å². The quantitative estimate of drug-likeness (QED) is 0.471. The molecule has 4 aromatic rings. The van der Waals surface area contributed by atoms with Gasteiger partial charge >= 0.3 is 0 Å². The summed E-state index contributed by atoms with van der Waals surface area (Å²) in [5.41, 5.74) is 5.54. The molecule has 0 spiro atoms. The number of fused-ring (bicyclic) bond motifs is 5. The van der Waals surface area contributed by atoms with Gasteiger partial charge in [-0.3, -0.25) is 4.79 Å². The molecule has 0 saturated carbocycles. The summed E-state index contributed by atoms with van der Waals surface area (Å²) in [6.45, 7) is 8.44. The highest BCUT2D eigenvalue weighted by Gasteiger charge is 2.25. The van der Waals surface area contributed by atoms with Gasteiger partial charge in [0, 0.05) is 52.4 Å². The van der Waals surface area contributed by atoms with E-state index in [9.17, 15) is 4.79 Å². The van der Waals surface area contributed by atoms with Crippen molar-refractivity contribution >= 4 is 27.6 Å². The molecule has 1 aliphatic rings. The second-order valence-electron chi connectivity index (χ2n) is 7.69. The zero-order valence-electron chi connectivity index (χ0n) is 16.9. The van der Waals surface area contributed by atoms with Crippen LogP contribution < -0.4 is 0 Å². The minimum atomic E-state index is 0.261. The molecule has 0 N–H and O–H groups in total. The van der Waals surface area contributed by atoms with E-state index >= 15 is 0 Å². The van der Waals surface area contributed by atoms with Crippen LogP contribution in [-0.2, 0) is 13.0 Å². The number of hydrogen-bond donors (Lipinski definition) is 0. The normalized spacial score (nSPS) is 13.8. The van der Waals surface area contributed by atoms with Crippen LogP contribution in [0.1, 0.15) is 36.2 Å². The first-order chi connectivity index (χ1) is 14.2. The molecule has 5 rings (SSSR count). The molecule has 0 atom stereocenters. The number of aromatic nitrogens is 2. The molecule has 0 fully saturated rings. The third-order valence-electron chi connectivity index (χ3n) is 6.29. The van der Waals surface area contributed by atoms with Crippen LogP contribution in [-0.4, -0.2) is 39.9 Å². The Bertz CT molecular complexity index is 1200. The van der Waals surface area contributed by atoms with Gasteiger partial charge in [0.25, 0.3) is 0 Å². The molecule has 0 saturated heterocycles. The molecule has 148 valence electrons. The fraction of sp³-hybridized carbons (Fsp3) is 0.333. The van der Waals surface area contributed by atoms with E-state index in [0.717, 1.165) is 49.5 Å². The van der Waals surface area contributed by atoms with Crippen LogP contribution in [0, 0.1) is 0 Å². The highest BCUT2D eigenvalue weighted by atomic mass is 16.3. The third kappa shape index (κ3) is 2.88. The van der Waals surface area contributed by atoms with Crippen LogP contribution >= 0.6 is 0 Å². The van der Waals surface area contributed by atoms with E-state index in [4.69, 9.17) is 4.42 Å². The summed E-state index contributed by atoms with van der Waals surface area (Å²) in [6, 6.07) is 10.6. The number of benzene rings is 2. The van der Waals surface area contributed by atoms with Gasteiger partial charge in [-0.05, 0) is 55.4 Å². The van der Waals surface area contributed by atoms with E-state index in [-0.39, 0.29) is 5.78 Å². The van der Waals surface area contributed by atoms with E-state index in [1.54, 1.807) is 6.20 Å². The SMILES string of the molecule is CCN(CC)CCn1c2ccc(-c3cnco3)cc2c2c3c(ccc21)C(=O)CC3. The van der Waals surface area contributed by atoms with Crippen LogP contribution in [0.15, 0.2) is 47.3 Å². The van der Waals surface area contributed by atoms with Crippen molar-refractivity contribution < 1.29 is 9.21 Å². The first kappa shape index (κ1) is 18.1. The molecule has 29 heavy (non-hydrogen) atoms. The molecular weight excluding hydrogens is 362 g/mol. The number of nitrogens with zero attached hydrogens (tertiary/aromatic N) is 3. The molecule has 2 heterocycles. The molecule has 0 radical (unpaired) electrons. The van der Waals surface area contributed by atoms with Crippen molar-refractivity contribution in [3.8, 4) is 11.3 Å². The number of rotatable bonds is 6. The minimum absolute atomic E-state index is 0.261. The lowest BCUT2D eigenvalue weighted by molar-refractivity contribution is 0.0994. The number of carbonyl (C=O) groups is 1. The molecular formula is C24H25N3O2. The summed E-state index contributed by atoms with van der Waals surface area (Å²) in [4.78, 5) is 18.9. The fourth-order valence-electron chi connectivity index (χ4n) is 4.69.